The van der Waals surface area contributed by atoms with E-state index in [0.717, 1.165) is 50.4 Å². The van der Waals surface area contributed by atoms with E-state index in [1.807, 2.05) is 0 Å². The van der Waals surface area contributed by atoms with Crippen molar-refractivity contribution in [1.82, 2.24) is 0 Å². The minimum absolute atomic E-state index is 0.125. The maximum Gasteiger partial charge on any atom is 0.119 e. The monoisotopic (exact) mass is 540 g/mol. The third-order valence-corrected chi connectivity index (χ3v) is 7.80. The number of ether oxygens (including phenoxy) is 6. The third kappa shape index (κ3) is 9.49. The zero-order valence-corrected chi connectivity index (χ0v) is 24.7. The van der Waals surface area contributed by atoms with Gasteiger partial charge in [-0.1, -0.05) is 52.0 Å². The number of benzene rings is 2. The minimum Gasteiger partial charge on any atom is -0.490 e. The summed E-state index contributed by atoms with van der Waals surface area (Å²) in [6.45, 7) is 16.1. The van der Waals surface area contributed by atoms with E-state index in [0.29, 0.717) is 25.4 Å². The zero-order chi connectivity index (χ0) is 27.8. The third-order valence-electron chi connectivity index (χ3n) is 7.80. The lowest BCUT2D eigenvalue weighted by atomic mass is 9.78. The van der Waals surface area contributed by atoms with Crippen LogP contribution in [0.15, 0.2) is 48.5 Å². The molecule has 0 bridgehead atoms. The van der Waals surface area contributed by atoms with Crippen LogP contribution in [-0.4, -0.2) is 63.1 Å². The molecule has 2 aromatic rings. The van der Waals surface area contributed by atoms with Crippen molar-refractivity contribution in [3.8, 4) is 11.5 Å². The molecule has 39 heavy (non-hydrogen) atoms. The van der Waals surface area contributed by atoms with Gasteiger partial charge in [0.2, 0.25) is 0 Å². The van der Waals surface area contributed by atoms with Crippen molar-refractivity contribution in [1.29, 1.82) is 0 Å². The van der Waals surface area contributed by atoms with Crippen LogP contribution in [0, 0.1) is 0 Å². The van der Waals surface area contributed by atoms with Crippen LogP contribution in [-0.2, 0) is 24.4 Å². The molecule has 0 amide bonds. The molecule has 2 aromatic carbocycles. The maximum atomic E-state index is 6.31. The lowest BCUT2D eigenvalue weighted by Gasteiger charge is -2.27. The van der Waals surface area contributed by atoms with Gasteiger partial charge >= 0.3 is 0 Å². The van der Waals surface area contributed by atoms with Gasteiger partial charge < -0.3 is 28.4 Å². The minimum atomic E-state index is -0.147. The highest BCUT2D eigenvalue weighted by molar-refractivity contribution is 5.42. The van der Waals surface area contributed by atoms with Crippen molar-refractivity contribution in [3.05, 3.63) is 59.7 Å². The second-order valence-corrected chi connectivity index (χ2v) is 11.6. The SMILES string of the molecule is CCC(CC(C)OCC1CO1)Oc1ccc(C(C)(C)c2ccc(OC(CC)CC(C)OCC3CO3)cc2)cc1. The molecule has 0 N–H and O–H groups in total. The van der Waals surface area contributed by atoms with Crippen molar-refractivity contribution < 1.29 is 28.4 Å². The molecule has 216 valence electrons. The fourth-order valence-corrected chi connectivity index (χ4v) is 4.80. The van der Waals surface area contributed by atoms with Gasteiger partial charge in [0.1, 0.15) is 35.9 Å². The van der Waals surface area contributed by atoms with E-state index in [2.05, 4.69) is 90.1 Å². The molecule has 0 radical (unpaired) electrons. The van der Waals surface area contributed by atoms with Crippen LogP contribution in [0.4, 0.5) is 0 Å². The maximum absolute atomic E-state index is 6.31. The topological polar surface area (TPSA) is 62.0 Å². The van der Waals surface area contributed by atoms with Crippen molar-refractivity contribution in [2.45, 2.75) is 109 Å². The van der Waals surface area contributed by atoms with Crippen molar-refractivity contribution in [2.75, 3.05) is 26.4 Å². The molecule has 6 heteroatoms. The Morgan fingerprint density at radius 3 is 1.36 bits per heavy atom. The van der Waals surface area contributed by atoms with Crippen LogP contribution >= 0.6 is 0 Å². The Labute approximate surface area is 235 Å². The highest BCUT2D eigenvalue weighted by Crippen LogP contribution is 2.34. The molecule has 6 nitrogen and oxygen atoms in total. The molecule has 6 unspecified atom stereocenters. The molecule has 2 fully saturated rings. The Bertz CT molecular complexity index is 901. The molecule has 2 heterocycles. The first-order valence-electron chi connectivity index (χ1n) is 14.8. The molecule has 2 saturated heterocycles. The first-order chi connectivity index (χ1) is 18.8. The summed E-state index contributed by atoms with van der Waals surface area (Å²) in [7, 11) is 0. The average Bonchev–Trinajstić information content (AvgIpc) is 3.86. The Kier molecular flexibility index (Phi) is 10.7. The molecule has 0 aliphatic carbocycles. The van der Waals surface area contributed by atoms with Gasteiger partial charge in [0.15, 0.2) is 0 Å². The Balaban J connectivity index is 1.29. The second-order valence-electron chi connectivity index (χ2n) is 11.6. The van der Waals surface area contributed by atoms with Gasteiger partial charge in [-0.25, -0.2) is 0 Å². The van der Waals surface area contributed by atoms with Gasteiger partial charge in [0, 0.05) is 18.3 Å². The van der Waals surface area contributed by atoms with E-state index in [1.165, 1.54) is 11.1 Å². The molecular weight excluding hydrogens is 492 g/mol. The summed E-state index contributed by atoms with van der Waals surface area (Å²) in [5, 5.41) is 0. The summed E-state index contributed by atoms with van der Waals surface area (Å²) in [4.78, 5) is 0. The van der Waals surface area contributed by atoms with Crippen LogP contribution < -0.4 is 9.47 Å². The number of rotatable bonds is 18. The van der Waals surface area contributed by atoms with E-state index >= 15 is 0 Å². The van der Waals surface area contributed by atoms with Gasteiger partial charge in [-0.3, -0.25) is 0 Å². The van der Waals surface area contributed by atoms with Gasteiger partial charge in [0.25, 0.3) is 0 Å². The Morgan fingerprint density at radius 2 is 1.05 bits per heavy atom. The fourth-order valence-electron chi connectivity index (χ4n) is 4.80. The first-order valence-corrected chi connectivity index (χ1v) is 14.8. The quantitative estimate of drug-likeness (QED) is 0.196. The van der Waals surface area contributed by atoms with Crippen LogP contribution in [0.1, 0.15) is 78.4 Å². The molecule has 2 aliphatic heterocycles. The predicted octanol–water partition coefficient (Wildman–Crippen LogP) is 6.72. The van der Waals surface area contributed by atoms with Crippen LogP contribution in [0.2, 0.25) is 0 Å². The normalized spacial score (nSPS) is 21.6. The van der Waals surface area contributed by atoms with Gasteiger partial charge in [-0.15, -0.1) is 0 Å². The van der Waals surface area contributed by atoms with E-state index in [1.54, 1.807) is 0 Å². The standard InChI is InChI=1S/C33H48O6/c1-7-27(17-23(3)34-19-31-21-36-31)38-29-13-9-25(10-14-29)33(5,6)26-11-15-30(16-12-26)39-28(8-2)18-24(4)35-20-32-22-37-32/h9-16,23-24,27-28,31-32H,7-8,17-22H2,1-6H3. The molecule has 2 aliphatic rings. The van der Waals surface area contributed by atoms with Crippen molar-refractivity contribution >= 4 is 0 Å². The smallest absolute Gasteiger partial charge is 0.119 e. The van der Waals surface area contributed by atoms with Crippen molar-refractivity contribution in [3.63, 3.8) is 0 Å². The highest BCUT2D eigenvalue weighted by Gasteiger charge is 2.26. The van der Waals surface area contributed by atoms with Gasteiger partial charge in [-0.05, 0) is 62.1 Å². The summed E-state index contributed by atoms with van der Waals surface area (Å²) in [6.07, 6.45) is 4.75. The van der Waals surface area contributed by atoms with E-state index in [4.69, 9.17) is 28.4 Å². The Hall–Kier alpha value is -2.12. The lowest BCUT2D eigenvalue weighted by molar-refractivity contribution is 0.0223. The largest absolute Gasteiger partial charge is 0.490 e. The summed E-state index contributed by atoms with van der Waals surface area (Å²) in [5.74, 6) is 1.80. The summed E-state index contributed by atoms with van der Waals surface area (Å²) >= 11 is 0. The Morgan fingerprint density at radius 1 is 0.692 bits per heavy atom. The average molecular weight is 541 g/mol. The van der Waals surface area contributed by atoms with E-state index < -0.39 is 0 Å². The molecule has 4 rings (SSSR count). The molecule has 0 spiro atoms. The first kappa shape index (κ1) is 29.9. The molecule has 0 aromatic heterocycles. The van der Waals surface area contributed by atoms with E-state index in [9.17, 15) is 0 Å². The number of hydrogen-bond acceptors (Lipinski definition) is 6. The number of epoxide rings is 2. The van der Waals surface area contributed by atoms with E-state index in [-0.39, 0.29) is 29.8 Å². The molecular formula is C33H48O6. The summed E-state index contributed by atoms with van der Waals surface area (Å²) < 4.78 is 34.9. The lowest BCUT2D eigenvalue weighted by Crippen LogP contribution is -2.24. The summed E-state index contributed by atoms with van der Waals surface area (Å²) in [5.41, 5.74) is 2.34. The second kappa shape index (κ2) is 14.0. The zero-order valence-electron chi connectivity index (χ0n) is 24.7. The fraction of sp³-hybridized carbons (Fsp3) is 0.636. The van der Waals surface area contributed by atoms with Crippen LogP contribution in [0.3, 0.4) is 0 Å². The van der Waals surface area contributed by atoms with Gasteiger partial charge in [-0.2, -0.15) is 0 Å². The number of hydrogen-bond donors (Lipinski definition) is 0. The predicted molar refractivity (Wildman–Crippen MR) is 154 cm³/mol. The van der Waals surface area contributed by atoms with Crippen molar-refractivity contribution in [2.24, 2.45) is 0 Å². The molecule has 0 saturated carbocycles. The summed E-state index contributed by atoms with van der Waals surface area (Å²) in [6, 6.07) is 17.1. The van der Waals surface area contributed by atoms with Gasteiger partial charge in [0.05, 0.1) is 38.6 Å². The molecule has 6 atom stereocenters. The highest BCUT2D eigenvalue weighted by atomic mass is 16.6. The van der Waals surface area contributed by atoms with Crippen LogP contribution in [0.5, 0.6) is 11.5 Å². The van der Waals surface area contributed by atoms with Crippen LogP contribution in [0.25, 0.3) is 0 Å².